The molecule has 33 heteroatoms. The van der Waals surface area contributed by atoms with Gasteiger partial charge in [0.15, 0.2) is 0 Å². The zero-order valence-electron chi connectivity index (χ0n) is 62.1. The van der Waals surface area contributed by atoms with Gasteiger partial charge in [-0.2, -0.15) is 26.3 Å². The van der Waals surface area contributed by atoms with E-state index in [9.17, 15) is 51.1 Å². The lowest BCUT2D eigenvalue weighted by molar-refractivity contribution is -0.219. The SMILES string of the molecule is CC[C@H](C)[C@@H]1NC(=O)[C@H](CC2CC2)N(C)C(=O)C[C@@H](C(=O)N(C)C)N(C)C(=O)[C@H](C)N(C)C(=O)C2(CC(C)(C)C2)NC(=O)[C@@H]2C[C@@H](C(F)(F)F)CN2C(=O)[C@H](CCC2CC(F)C(C(F)(F)F)C(F)C2)NC(=O)CN(C)C(=O)[C@H](CC2CCC(F)CC2)N2CC/C=C\C[C@@H](C2=O)N(C)C(=O)CN(C)C1=O. The number of nitrogens with one attached hydrogen (secondary N) is 3. The van der Waals surface area contributed by atoms with Crippen LogP contribution < -0.4 is 16.0 Å². The Morgan fingerprint density at radius 1 is 0.625 bits per heavy atom. The Bertz CT molecular complexity index is 3180. The summed E-state index contributed by atoms with van der Waals surface area (Å²) in [6, 6.07) is -12.4. The van der Waals surface area contributed by atoms with Gasteiger partial charge in [0.05, 0.1) is 25.4 Å². The molecule has 4 saturated carbocycles. The number of hydrogen-bond acceptors (Lipinski definition) is 12. The molecule has 7 aliphatic rings. The van der Waals surface area contributed by atoms with Gasteiger partial charge in [-0.05, 0) is 132 Å². The Balaban J connectivity index is 1.31. The largest absolute Gasteiger partial charge is 0.397 e. The van der Waals surface area contributed by atoms with Crippen LogP contribution >= 0.6 is 0 Å². The average Bonchev–Trinajstić information content (AvgIpc) is 0.898. The fourth-order valence-corrected chi connectivity index (χ4v) is 16.1. The molecule has 0 radical (unpaired) electrons. The van der Waals surface area contributed by atoms with Crippen molar-refractivity contribution >= 4 is 70.9 Å². The van der Waals surface area contributed by atoms with Gasteiger partial charge >= 0.3 is 12.4 Å². The number of rotatable bonds is 10. The standard InChI is InChI=1S/C71H107F9N12O12/c1-14-39(2)58-66(103)86(9)36-56(95)88(11)49-18-16-15-17-27-91(65(49)102)53(31-42-21-24-45(72)25-22-42)64(101)85(8)35-54(93)81-48(26-23-43-28-46(73)57(47(74)29-43)71(78,79)80)62(99)92-34-44(70(75,76)77)32-51(92)60(97)83-69(37-68(4,5)38-69)67(104)87(10)40(3)61(98)90(13)52(63(100)84(6)7)33-55(94)89(12)50(59(96)82-58)30-41-19-20-41/h15-16,39-53,57-58H,14,17-38H2,1-13H3,(H,81,93)(H,82,96)(H,83,97)/b16-15-/t39-,40-,42?,43?,44+,45?,46?,47?,48-,49-,50-,51-,52-,53-,57?,58-/m0/s1. The van der Waals surface area contributed by atoms with Crippen molar-refractivity contribution in [1.29, 1.82) is 0 Å². The van der Waals surface area contributed by atoms with Crippen LogP contribution in [0.3, 0.4) is 0 Å². The molecule has 24 nitrogen and oxygen atoms in total. The number of alkyl halides is 9. The monoisotopic (exact) mass is 1490 g/mol. The molecule has 12 atom stereocenters. The van der Waals surface area contributed by atoms with E-state index in [0.717, 1.165) is 34.3 Å². The smallest absolute Gasteiger partial charge is 0.347 e. The normalized spacial score (nSPS) is 33.0. The summed E-state index contributed by atoms with van der Waals surface area (Å²) in [5, 5.41) is 7.89. The fraction of sp³-hybridized carbons (Fsp3) is 0.803. The van der Waals surface area contributed by atoms with Gasteiger partial charge in [-0.25, -0.2) is 13.2 Å². The van der Waals surface area contributed by atoms with E-state index in [1.165, 1.54) is 68.2 Å². The highest BCUT2D eigenvalue weighted by Gasteiger charge is 2.60. The van der Waals surface area contributed by atoms with Crippen LogP contribution in [0, 0.1) is 40.9 Å². The van der Waals surface area contributed by atoms with Crippen molar-refractivity contribution < 1.29 is 97.0 Å². The second-order valence-electron chi connectivity index (χ2n) is 31.6. The van der Waals surface area contributed by atoms with Gasteiger partial charge in [0.25, 0.3) is 0 Å². The minimum Gasteiger partial charge on any atom is -0.347 e. The summed E-state index contributed by atoms with van der Waals surface area (Å²) in [4.78, 5) is 187. The fourth-order valence-electron chi connectivity index (χ4n) is 16.1. The molecule has 2 saturated heterocycles. The summed E-state index contributed by atoms with van der Waals surface area (Å²) >= 11 is 0. The van der Waals surface area contributed by atoms with Crippen molar-refractivity contribution in [3.05, 3.63) is 12.2 Å². The zero-order chi connectivity index (χ0) is 77.7. The van der Waals surface area contributed by atoms with Crippen molar-refractivity contribution in [2.75, 3.05) is 82.6 Å². The van der Waals surface area contributed by atoms with Crippen LogP contribution in [-0.4, -0.2) is 282 Å². The van der Waals surface area contributed by atoms with Crippen LogP contribution in [0.5, 0.6) is 0 Å². The lowest BCUT2D eigenvalue weighted by Crippen LogP contribution is -2.71. The summed E-state index contributed by atoms with van der Waals surface area (Å²) in [5.41, 5.74) is -2.73. The van der Waals surface area contributed by atoms with Crippen LogP contribution in [0.1, 0.15) is 157 Å². The van der Waals surface area contributed by atoms with Gasteiger partial charge in [-0.15, -0.1) is 0 Å². The van der Waals surface area contributed by atoms with Crippen LogP contribution in [-0.2, 0) is 57.5 Å². The number of hydrogen-bond donors (Lipinski definition) is 3. The molecule has 0 aromatic carbocycles. The summed E-state index contributed by atoms with van der Waals surface area (Å²) in [7, 11) is 10.4. The first-order valence-corrected chi connectivity index (χ1v) is 36.3. The summed E-state index contributed by atoms with van der Waals surface area (Å²) < 4.78 is 132. The lowest BCUT2D eigenvalue weighted by atomic mass is 9.58. The first-order chi connectivity index (χ1) is 48.3. The van der Waals surface area contributed by atoms with Crippen LogP contribution in [0.2, 0.25) is 0 Å². The molecule has 104 heavy (non-hydrogen) atoms. The Labute approximate surface area is 602 Å². The zero-order valence-corrected chi connectivity index (χ0v) is 62.1. The van der Waals surface area contributed by atoms with Gasteiger partial charge < -0.3 is 60.0 Å². The molecule has 0 aromatic rings. The van der Waals surface area contributed by atoms with Crippen molar-refractivity contribution in [1.82, 2.24) is 60.0 Å². The second-order valence-corrected chi connectivity index (χ2v) is 31.6. The molecule has 1 spiro atoms. The summed E-state index contributed by atoms with van der Waals surface area (Å²) in [6.07, 6.45) is -15.9. The van der Waals surface area contributed by atoms with Crippen LogP contribution in [0.4, 0.5) is 39.5 Å². The van der Waals surface area contributed by atoms with E-state index in [-0.39, 0.29) is 82.6 Å². The third-order valence-electron chi connectivity index (χ3n) is 22.8. The molecule has 7 rings (SSSR count). The van der Waals surface area contributed by atoms with Gasteiger partial charge in [0.2, 0.25) is 70.9 Å². The third-order valence-corrected chi connectivity index (χ3v) is 22.8. The molecule has 12 amide bonds. The van der Waals surface area contributed by atoms with E-state index in [4.69, 9.17) is 0 Å². The van der Waals surface area contributed by atoms with Gasteiger partial charge in [-0.1, -0.05) is 59.1 Å². The number of carbonyl (C=O) groups is 12. The average molecular weight is 1490 g/mol. The minimum atomic E-state index is -5.28. The molecule has 3 aliphatic heterocycles. The predicted molar refractivity (Wildman–Crippen MR) is 361 cm³/mol. The first kappa shape index (κ1) is 84.0. The Hall–Kier alpha value is -7.25. The van der Waals surface area contributed by atoms with Crippen molar-refractivity contribution in [2.45, 2.75) is 241 Å². The topological polar surface area (TPSA) is 270 Å². The molecule has 6 fully saturated rings. The maximum Gasteiger partial charge on any atom is 0.397 e. The highest BCUT2D eigenvalue weighted by atomic mass is 19.4. The maximum atomic E-state index is 15.4. The van der Waals surface area contributed by atoms with Crippen molar-refractivity contribution in [3.63, 3.8) is 0 Å². The number of carbonyl (C=O) groups excluding carboxylic acids is 12. The summed E-state index contributed by atoms with van der Waals surface area (Å²) in [5.74, 6) is -18.5. The molecule has 4 aliphatic carbocycles. The molecular formula is C71H107F9N12O12. The van der Waals surface area contributed by atoms with Gasteiger partial charge in [-0.3, -0.25) is 57.5 Å². The van der Waals surface area contributed by atoms with Gasteiger partial charge in [0.1, 0.15) is 78.3 Å². The highest BCUT2D eigenvalue weighted by molar-refractivity contribution is 6.01. The number of likely N-dealkylation sites (N-methyl/N-ethyl adjacent to an activating group) is 7. The van der Waals surface area contributed by atoms with Crippen molar-refractivity contribution in [3.8, 4) is 0 Å². The Kier molecular flexibility index (Phi) is 27.6. The van der Waals surface area contributed by atoms with E-state index in [0.29, 0.717) is 24.2 Å². The van der Waals surface area contributed by atoms with E-state index < -0.39 is 243 Å². The molecule has 3 heterocycles. The quantitative estimate of drug-likeness (QED) is 0.181. The van der Waals surface area contributed by atoms with Crippen LogP contribution in [0.15, 0.2) is 12.2 Å². The maximum absolute atomic E-state index is 15.4. The highest BCUT2D eigenvalue weighted by Crippen LogP contribution is 2.50. The summed E-state index contributed by atoms with van der Waals surface area (Å²) in [6.45, 7) is 5.29. The molecule has 0 aromatic heterocycles. The minimum absolute atomic E-state index is 0.0149. The number of fused-ring (bicyclic) bond motifs is 3. The number of nitrogens with zero attached hydrogens (tertiary/aromatic N) is 9. The molecule has 2 unspecified atom stereocenters. The van der Waals surface area contributed by atoms with E-state index in [1.54, 1.807) is 39.8 Å². The van der Waals surface area contributed by atoms with Crippen LogP contribution in [0.25, 0.3) is 0 Å². The van der Waals surface area contributed by atoms with E-state index in [2.05, 4.69) is 16.0 Å². The molecular weight excluding hydrogens is 1380 g/mol. The molecule has 3 N–H and O–H groups in total. The molecule has 586 valence electrons. The lowest BCUT2D eigenvalue weighted by Gasteiger charge is -2.54. The first-order valence-electron chi connectivity index (χ1n) is 36.3. The number of amides is 12. The molecule has 2 bridgehead atoms. The van der Waals surface area contributed by atoms with Gasteiger partial charge in [0, 0.05) is 69.5 Å². The second kappa shape index (κ2) is 34.1. The predicted octanol–water partition coefficient (Wildman–Crippen LogP) is 5.50. The van der Waals surface area contributed by atoms with E-state index >= 15 is 45.9 Å². The Morgan fingerprint density at radius 3 is 1.75 bits per heavy atom. The third kappa shape index (κ3) is 20.1. The Morgan fingerprint density at radius 2 is 1.20 bits per heavy atom. The van der Waals surface area contributed by atoms with Crippen molar-refractivity contribution in [2.24, 2.45) is 40.9 Å². The van der Waals surface area contributed by atoms with E-state index in [1.807, 2.05) is 0 Å². The number of halogens is 9.